The summed E-state index contributed by atoms with van der Waals surface area (Å²) in [4.78, 5) is 25.6. The molecule has 0 aromatic heterocycles. The second-order valence-electron chi connectivity index (χ2n) is 9.20. The number of rotatable bonds is 9. The molecule has 4 unspecified atom stereocenters. The maximum Gasteiger partial charge on any atom is 0.431 e. The van der Waals surface area contributed by atoms with Crippen LogP contribution in [0.25, 0.3) is 0 Å². The predicted octanol–water partition coefficient (Wildman–Crippen LogP) is 3.54. The van der Waals surface area contributed by atoms with Crippen molar-refractivity contribution >= 4 is 22.0 Å². The molecule has 7 nitrogen and oxygen atoms in total. The molecule has 2 N–H and O–H groups in total. The zero-order chi connectivity index (χ0) is 23.7. The highest BCUT2D eigenvalue weighted by molar-refractivity contribution is 7.87. The van der Waals surface area contributed by atoms with E-state index in [1.54, 1.807) is 0 Å². The normalized spacial score (nSPS) is 29.2. The van der Waals surface area contributed by atoms with Gasteiger partial charge in [0.1, 0.15) is 0 Å². The van der Waals surface area contributed by atoms with Gasteiger partial charge >= 0.3 is 27.3 Å². The Hall–Kier alpha value is -1.43. The summed E-state index contributed by atoms with van der Waals surface area (Å²) in [6, 6.07) is 0.0822. The first-order valence-corrected chi connectivity index (χ1v) is 12.5. The lowest BCUT2D eigenvalue weighted by atomic mass is 9.78. The molecule has 1 amide bonds. The SMILES string of the molecule is O=C(NC1CCCCC1)C1C2CCC(C2)C1C(=O)OCCCC(F)(F)C(F)(F)S(=O)(=O)O. The molecule has 0 aromatic carbocycles. The summed E-state index contributed by atoms with van der Waals surface area (Å²) < 4.78 is 88.0. The summed E-state index contributed by atoms with van der Waals surface area (Å²) in [6.45, 7) is -0.624. The number of fused-ring (bicyclic) bond motifs is 2. The van der Waals surface area contributed by atoms with Crippen molar-refractivity contribution in [2.45, 2.75) is 81.4 Å². The first kappa shape index (κ1) is 25.2. The maximum atomic E-state index is 13.6. The number of hydrogen-bond donors (Lipinski definition) is 2. The van der Waals surface area contributed by atoms with Crippen molar-refractivity contribution in [3.8, 4) is 0 Å². The molecule has 3 rings (SSSR count). The lowest BCUT2D eigenvalue weighted by Crippen LogP contribution is -2.47. The zero-order valence-corrected chi connectivity index (χ0v) is 18.4. The Morgan fingerprint density at radius 1 is 0.969 bits per heavy atom. The lowest BCUT2D eigenvalue weighted by molar-refractivity contribution is -0.169. The maximum absolute atomic E-state index is 13.6. The molecule has 3 aliphatic carbocycles. The molecule has 184 valence electrons. The van der Waals surface area contributed by atoms with E-state index in [2.05, 4.69) is 5.32 Å². The Kier molecular flexibility index (Phi) is 7.43. The van der Waals surface area contributed by atoms with E-state index in [4.69, 9.17) is 9.29 Å². The van der Waals surface area contributed by atoms with E-state index in [9.17, 15) is 35.6 Å². The second kappa shape index (κ2) is 9.44. The lowest BCUT2D eigenvalue weighted by Gasteiger charge is -2.31. The van der Waals surface area contributed by atoms with Crippen molar-refractivity contribution in [3.63, 3.8) is 0 Å². The van der Waals surface area contributed by atoms with Gasteiger partial charge in [-0.15, -0.1) is 0 Å². The van der Waals surface area contributed by atoms with Gasteiger partial charge < -0.3 is 10.1 Å². The van der Waals surface area contributed by atoms with Crippen molar-refractivity contribution in [3.05, 3.63) is 0 Å². The molecule has 0 heterocycles. The van der Waals surface area contributed by atoms with Gasteiger partial charge in [0.05, 0.1) is 18.4 Å². The van der Waals surface area contributed by atoms with Crippen molar-refractivity contribution < 1.29 is 44.9 Å². The van der Waals surface area contributed by atoms with E-state index in [0.29, 0.717) is 6.42 Å². The molecule has 32 heavy (non-hydrogen) atoms. The van der Waals surface area contributed by atoms with Gasteiger partial charge in [0.25, 0.3) is 0 Å². The van der Waals surface area contributed by atoms with Crippen LogP contribution >= 0.6 is 0 Å². The van der Waals surface area contributed by atoms with Crippen LogP contribution in [0.1, 0.15) is 64.2 Å². The highest BCUT2D eigenvalue weighted by atomic mass is 32.2. The van der Waals surface area contributed by atoms with Crippen LogP contribution in [0, 0.1) is 23.7 Å². The minimum atomic E-state index is -6.30. The fraction of sp³-hybridized carbons (Fsp3) is 0.900. The fourth-order valence-electron chi connectivity index (χ4n) is 5.45. The van der Waals surface area contributed by atoms with Crippen LogP contribution in [0.4, 0.5) is 17.6 Å². The minimum Gasteiger partial charge on any atom is -0.465 e. The molecule has 3 aliphatic rings. The third-order valence-corrected chi connectivity index (χ3v) is 8.02. The van der Waals surface area contributed by atoms with Gasteiger partial charge in [0, 0.05) is 12.5 Å². The second-order valence-corrected chi connectivity index (χ2v) is 10.7. The Morgan fingerprint density at radius 2 is 1.56 bits per heavy atom. The first-order chi connectivity index (χ1) is 14.8. The Balaban J connectivity index is 1.54. The molecule has 0 aliphatic heterocycles. The Morgan fingerprint density at radius 3 is 2.16 bits per heavy atom. The van der Waals surface area contributed by atoms with Gasteiger partial charge in [-0.25, -0.2) is 0 Å². The summed E-state index contributed by atoms with van der Waals surface area (Å²) in [5, 5.41) is -2.60. The summed E-state index contributed by atoms with van der Waals surface area (Å²) in [6.07, 6.45) is 4.95. The van der Waals surface area contributed by atoms with Gasteiger partial charge in [-0.05, 0) is 50.4 Å². The van der Waals surface area contributed by atoms with Crippen LogP contribution in [-0.2, 0) is 24.4 Å². The van der Waals surface area contributed by atoms with Crippen LogP contribution in [0.15, 0.2) is 0 Å². The van der Waals surface area contributed by atoms with Crippen LogP contribution < -0.4 is 5.32 Å². The Labute approximate surface area is 184 Å². The van der Waals surface area contributed by atoms with Crippen molar-refractivity contribution in [2.75, 3.05) is 6.61 Å². The third kappa shape index (κ3) is 5.05. The number of esters is 1. The number of carbonyl (C=O) groups is 2. The summed E-state index contributed by atoms with van der Waals surface area (Å²) in [5.74, 6) is -7.16. The molecule has 12 heteroatoms. The van der Waals surface area contributed by atoms with E-state index in [-0.39, 0.29) is 23.8 Å². The number of hydrogen-bond acceptors (Lipinski definition) is 5. The zero-order valence-electron chi connectivity index (χ0n) is 17.6. The largest absolute Gasteiger partial charge is 0.465 e. The van der Waals surface area contributed by atoms with E-state index >= 15 is 0 Å². The van der Waals surface area contributed by atoms with Crippen molar-refractivity contribution in [1.82, 2.24) is 5.32 Å². The van der Waals surface area contributed by atoms with Crippen LogP contribution in [0.2, 0.25) is 0 Å². The number of nitrogens with one attached hydrogen (secondary N) is 1. The van der Waals surface area contributed by atoms with Crippen LogP contribution in [0.3, 0.4) is 0 Å². The van der Waals surface area contributed by atoms with Gasteiger partial charge in [-0.2, -0.15) is 26.0 Å². The van der Waals surface area contributed by atoms with E-state index in [0.717, 1.165) is 44.9 Å². The van der Waals surface area contributed by atoms with Crippen molar-refractivity contribution in [2.24, 2.45) is 23.7 Å². The number of ether oxygens (including phenoxy) is 1. The molecule has 0 spiro atoms. The average Bonchev–Trinajstić information content (AvgIpc) is 3.32. The monoisotopic (exact) mass is 487 g/mol. The van der Waals surface area contributed by atoms with Crippen LogP contribution in [-0.4, -0.2) is 48.7 Å². The molecule has 2 bridgehead atoms. The molecule has 3 fully saturated rings. The number of carbonyl (C=O) groups excluding carboxylic acids is 2. The number of alkyl halides is 4. The topological polar surface area (TPSA) is 110 Å². The quantitative estimate of drug-likeness (QED) is 0.223. The van der Waals surface area contributed by atoms with E-state index in [1.165, 1.54) is 0 Å². The molecule has 0 radical (unpaired) electrons. The fourth-order valence-corrected chi connectivity index (χ4v) is 5.93. The molecular formula is C20H29F4NO6S. The smallest absolute Gasteiger partial charge is 0.431 e. The molecule has 4 atom stereocenters. The number of halogens is 4. The van der Waals surface area contributed by atoms with E-state index < -0.39 is 58.5 Å². The predicted molar refractivity (Wildman–Crippen MR) is 104 cm³/mol. The van der Waals surface area contributed by atoms with Gasteiger partial charge in [0.2, 0.25) is 5.91 Å². The highest BCUT2D eigenvalue weighted by Gasteiger charge is 2.65. The average molecular weight is 488 g/mol. The molecule has 3 saturated carbocycles. The van der Waals surface area contributed by atoms with Crippen LogP contribution in [0.5, 0.6) is 0 Å². The molecular weight excluding hydrogens is 458 g/mol. The van der Waals surface area contributed by atoms with Gasteiger partial charge in [-0.1, -0.05) is 19.3 Å². The summed E-state index contributed by atoms with van der Waals surface area (Å²) >= 11 is 0. The Bertz CT molecular complexity index is 815. The molecule has 0 saturated heterocycles. The summed E-state index contributed by atoms with van der Waals surface area (Å²) in [5.41, 5.74) is 0. The van der Waals surface area contributed by atoms with Gasteiger partial charge in [-0.3, -0.25) is 14.1 Å². The minimum absolute atomic E-state index is 0.0417. The number of amides is 1. The first-order valence-electron chi connectivity index (χ1n) is 11.0. The molecule has 0 aromatic rings. The highest BCUT2D eigenvalue weighted by Crippen LogP contribution is 2.53. The van der Waals surface area contributed by atoms with Gasteiger partial charge in [0.15, 0.2) is 0 Å². The van der Waals surface area contributed by atoms with E-state index in [1.807, 2.05) is 0 Å². The summed E-state index contributed by atoms with van der Waals surface area (Å²) in [7, 11) is -6.30. The standard InChI is InChI=1S/C20H29F4NO6S/c21-19(22,20(23,24)32(28,29)30)9-4-10-31-18(27)16-13-8-7-12(11-13)15(16)17(26)25-14-5-2-1-3-6-14/h12-16H,1-11H2,(H,25,26)(H,28,29,30). The van der Waals surface area contributed by atoms with Crippen molar-refractivity contribution in [1.29, 1.82) is 0 Å². The third-order valence-electron chi connectivity index (χ3n) is 7.07.